The maximum absolute atomic E-state index is 5.55. The second kappa shape index (κ2) is 7.80. The molecule has 0 heterocycles. The highest BCUT2D eigenvalue weighted by Crippen LogP contribution is 2.26. The predicted molar refractivity (Wildman–Crippen MR) is 87.4 cm³/mol. The summed E-state index contributed by atoms with van der Waals surface area (Å²) in [7, 11) is 1.80. The van der Waals surface area contributed by atoms with Gasteiger partial charge in [-0.3, -0.25) is 0 Å². The molecule has 0 fully saturated rings. The van der Waals surface area contributed by atoms with Crippen LogP contribution in [0.1, 0.15) is 57.6 Å². The molecule has 114 valence electrons. The van der Waals surface area contributed by atoms with Crippen molar-refractivity contribution in [2.24, 2.45) is 0 Å². The monoisotopic (exact) mass is 277 g/mol. The van der Waals surface area contributed by atoms with Crippen LogP contribution < -0.4 is 5.32 Å². The molecule has 0 amide bonds. The molecule has 0 radical (unpaired) electrons. The van der Waals surface area contributed by atoms with Gasteiger partial charge in [-0.2, -0.15) is 0 Å². The number of aryl methyl sites for hydroxylation is 1. The van der Waals surface area contributed by atoms with E-state index in [0.29, 0.717) is 12.0 Å². The molecule has 1 aromatic carbocycles. The molecule has 1 unspecified atom stereocenters. The molecule has 0 saturated carbocycles. The zero-order valence-corrected chi connectivity index (χ0v) is 14.0. The first-order chi connectivity index (χ1) is 9.34. The van der Waals surface area contributed by atoms with E-state index in [-0.39, 0.29) is 5.60 Å². The van der Waals surface area contributed by atoms with E-state index >= 15 is 0 Å². The largest absolute Gasteiger partial charge is 0.379 e. The van der Waals surface area contributed by atoms with Crippen molar-refractivity contribution in [1.82, 2.24) is 5.32 Å². The number of hydrogen-bond acceptors (Lipinski definition) is 2. The fourth-order valence-corrected chi connectivity index (χ4v) is 2.31. The summed E-state index contributed by atoms with van der Waals surface area (Å²) in [5.41, 5.74) is 2.73. The second-order valence-corrected chi connectivity index (χ2v) is 6.68. The van der Waals surface area contributed by atoms with Gasteiger partial charge in [0.1, 0.15) is 0 Å². The third-order valence-corrected chi connectivity index (χ3v) is 3.93. The average Bonchev–Trinajstić information content (AvgIpc) is 2.38. The topological polar surface area (TPSA) is 21.3 Å². The number of rotatable bonds is 8. The van der Waals surface area contributed by atoms with Gasteiger partial charge in [-0.15, -0.1) is 0 Å². The third kappa shape index (κ3) is 6.06. The van der Waals surface area contributed by atoms with Crippen LogP contribution in [-0.4, -0.2) is 25.3 Å². The van der Waals surface area contributed by atoms with E-state index < -0.39 is 0 Å². The smallest absolute Gasteiger partial charge is 0.0623 e. The SMILES string of the molecule is COC(C)(C)CCC(CNC(C)C)c1cccc(C)c1. The van der Waals surface area contributed by atoms with E-state index in [0.717, 1.165) is 19.4 Å². The molecule has 0 aliphatic rings. The van der Waals surface area contributed by atoms with E-state index in [1.54, 1.807) is 7.11 Å². The van der Waals surface area contributed by atoms with E-state index in [2.05, 4.69) is 64.2 Å². The third-order valence-electron chi connectivity index (χ3n) is 3.93. The van der Waals surface area contributed by atoms with Crippen molar-refractivity contribution in [3.8, 4) is 0 Å². The van der Waals surface area contributed by atoms with E-state index in [1.165, 1.54) is 11.1 Å². The van der Waals surface area contributed by atoms with Crippen molar-refractivity contribution in [2.45, 2.75) is 65.0 Å². The van der Waals surface area contributed by atoms with Gasteiger partial charge in [0, 0.05) is 19.7 Å². The fraction of sp³-hybridized carbons (Fsp3) is 0.667. The van der Waals surface area contributed by atoms with Gasteiger partial charge >= 0.3 is 0 Å². The molecule has 2 heteroatoms. The van der Waals surface area contributed by atoms with Crippen molar-refractivity contribution < 1.29 is 4.74 Å². The van der Waals surface area contributed by atoms with Gasteiger partial charge in [-0.25, -0.2) is 0 Å². The summed E-state index contributed by atoms with van der Waals surface area (Å²) >= 11 is 0. The van der Waals surface area contributed by atoms with Crippen LogP contribution in [0.25, 0.3) is 0 Å². The lowest BCUT2D eigenvalue weighted by molar-refractivity contribution is 0.0124. The van der Waals surface area contributed by atoms with Crippen molar-refractivity contribution in [2.75, 3.05) is 13.7 Å². The number of methoxy groups -OCH3 is 1. The highest BCUT2D eigenvalue weighted by atomic mass is 16.5. The maximum atomic E-state index is 5.55. The first-order valence-electron chi connectivity index (χ1n) is 7.69. The minimum atomic E-state index is -0.0418. The summed E-state index contributed by atoms with van der Waals surface area (Å²) in [5.74, 6) is 0.548. The van der Waals surface area contributed by atoms with Gasteiger partial charge in [-0.1, -0.05) is 43.7 Å². The second-order valence-electron chi connectivity index (χ2n) is 6.68. The fourth-order valence-electron chi connectivity index (χ4n) is 2.31. The van der Waals surface area contributed by atoms with Crippen LogP contribution in [0.3, 0.4) is 0 Å². The Morgan fingerprint density at radius 2 is 1.95 bits per heavy atom. The first kappa shape index (κ1) is 17.2. The van der Waals surface area contributed by atoms with Gasteiger partial charge in [-0.05, 0) is 45.1 Å². The van der Waals surface area contributed by atoms with E-state index in [1.807, 2.05) is 0 Å². The molecule has 1 rings (SSSR count). The summed E-state index contributed by atoms with van der Waals surface area (Å²) in [6.45, 7) is 11.9. The van der Waals surface area contributed by atoms with Crippen LogP contribution >= 0.6 is 0 Å². The normalized spacial score (nSPS) is 13.8. The Hall–Kier alpha value is -0.860. The van der Waals surface area contributed by atoms with Gasteiger partial charge < -0.3 is 10.1 Å². The van der Waals surface area contributed by atoms with Gasteiger partial charge in [0.15, 0.2) is 0 Å². The highest BCUT2D eigenvalue weighted by molar-refractivity contribution is 5.25. The lowest BCUT2D eigenvalue weighted by atomic mass is 9.88. The quantitative estimate of drug-likeness (QED) is 0.765. The molecule has 0 aliphatic carbocycles. The molecule has 0 saturated heterocycles. The lowest BCUT2D eigenvalue weighted by Gasteiger charge is -2.27. The summed E-state index contributed by atoms with van der Waals surface area (Å²) in [6.07, 6.45) is 2.21. The summed E-state index contributed by atoms with van der Waals surface area (Å²) in [4.78, 5) is 0. The summed E-state index contributed by atoms with van der Waals surface area (Å²) < 4.78 is 5.55. The van der Waals surface area contributed by atoms with Crippen LogP contribution in [0.2, 0.25) is 0 Å². The van der Waals surface area contributed by atoms with E-state index in [9.17, 15) is 0 Å². The number of nitrogens with one attached hydrogen (secondary N) is 1. The van der Waals surface area contributed by atoms with Gasteiger partial charge in [0.05, 0.1) is 5.60 Å². The van der Waals surface area contributed by atoms with Crippen molar-refractivity contribution in [1.29, 1.82) is 0 Å². The maximum Gasteiger partial charge on any atom is 0.0623 e. The Kier molecular flexibility index (Phi) is 6.70. The van der Waals surface area contributed by atoms with Gasteiger partial charge in [0.2, 0.25) is 0 Å². The molecule has 2 nitrogen and oxygen atoms in total. The predicted octanol–water partition coefficient (Wildman–Crippen LogP) is 4.28. The Bertz CT molecular complexity index is 398. The zero-order valence-electron chi connectivity index (χ0n) is 14.0. The van der Waals surface area contributed by atoms with Crippen LogP contribution in [-0.2, 0) is 4.74 Å². The number of hydrogen-bond donors (Lipinski definition) is 1. The molecule has 0 spiro atoms. The molecule has 0 aliphatic heterocycles. The minimum Gasteiger partial charge on any atom is -0.379 e. The molecule has 0 aromatic heterocycles. The molecular weight excluding hydrogens is 246 g/mol. The lowest BCUT2D eigenvalue weighted by Crippen LogP contribution is -2.30. The highest BCUT2D eigenvalue weighted by Gasteiger charge is 2.20. The molecule has 1 aromatic rings. The van der Waals surface area contributed by atoms with E-state index in [4.69, 9.17) is 4.74 Å². The van der Waals surface area contributed by atoms with Crippen LogP contribution in [0, 0.1) is 6.92 Å². The van der Waals surface area contributed by atoms with Crippen LogP contribution in [0.5, 0.6) is 0 Å². The Labute approximate surface area is 124 Å². The minimum absolute atomic E-state index is 0.0418. The van der Waals surface area contributed by atoms with Crippen molar-refractivity contribution in [3.05, 3.63) is 35.4 Å². The molecule has 20 heavy (non-hydrogen) atoms. The standard InChI is InChI=1S/C18H31NO/c1-14(2)19-13-17(10-11-18(4,5)20-6)16-9-7-8-15(3)12-16/h7-9,12,14,17,19H,10-11,13H2,1-6H3. The molecule has 1 N–H and O–H groups in total. The number of ether oxygens (including phenoxy) is 1. The van der Waals surface area contributed by atoms with Crippen LogP contribution in [0.4, 0.5) is 0 Å². The number of benzene rings is 1. The summed E-state index contributed by atoms with van der Waals surface area (Å²) in [5, 5.41) is 3.58. The van der Waals surface area contributed by atoms with Gasteiger partial charge in [0.25, 0.3) is 0 Å². The van der Waals surface area contributed by atoms with Crippen molar-refractivity contribution >= 4 is 0 Å². The zero-order chi connectivity index (χ0) is 15.2. The molecular formula is C18H31NO. The first-order valence-corrected chi connectivity index (χ1v) is 7.69. The molecule has 1 atom stereocenters. The average molecular weight is 277 g/mol. The Balaban J connectivity index is 2.74. The Morgan fingerprint density at radius 3 is 2.50 bits per heavy atom. The summed E-state index contributed by atoms with van der Waals surface area (Å²) in [6, 6.07) is 9.41. The molecule has 0 bridgehead atoms. The van der Waals surface area contributed by atoms with Crippen molar-refractivity contribution in [3.63, 3.8) is 0 Å². The Morgan fingerprint density at radius 1 is 1.25 bits per heavy atom. The van der Waals surface area contributed by atoms with Crippen LogP contribution in [0.15, 0.2) is 24.3 Å².